The van der Waals surface area contributed by atoms with E-state index in [9.17, 15) is 87.9 Å². The van der Waals surface area contributed by atoms with Gasteiger partial charge in [0, 0.05) is 19.3 Å². The number of carboxylic acids is 6. The summed E-state index contributed by atoms with van der Waals surface area (Å²) < 4.78 is 0. The first-order chi connectivity index (χ1) is 30.6. The maximum Gasteiger partial charge on any atom is 0.326 e. The fourth-order valence-corrected chi connectivity index (χ4v) is 6.04. The van der Waals surface area contributed by atoms with Gasteiger partial charge < -0.3 is 78.7 Å². The molecule has 0 saturated carbocycles. The molecule has 0 unspecified atom stereocenters. The number of hydrogen-bond acceptors (Lipinski definition) is 16. The average molecular weight is 967 g/mol. The summed E-state index contributed by atoms with van der Waals surface area (Å²) >= 11 is 1.17. The molecule has 0 aliphatic carbocycles. The van der Waals surface area contributed by atoms with Gasteiger partial charge in [-0.25, -0.2) is 4.79 Å². The maximum absolute atomic E-state index is 13.8. The normalized spacial score (nSPS) is 15.0. The van der Waals surface area contributed by atoms with Crippen molar-refractivity contribution in [1.29, 1.82) is 0 Å². The number of aliphatic hydroxyl groups excluding tert-OH is 1. The second-order valence-corrected chi connectivity index (χ2v) is 16.0. The van der Waals surface area contributed by atoms with Crippen molar-refractivity contribution in [3.8, 4) is 0 Å². The Labute approximate surface area is 380 Å². The first-order valence-corrected chi connectivity index (χ1v) is 21.4. The number of thioether (sulfide) groups is 1. The van der Waals surface area contributed by atoms with Gasteiger partial charge in [-0.15, -0.1) is 0 Å². The lowest BCUT2D eigenvalue weighted by molar-refractivity contribution is -0.147. The monoisotopic (exact) mass is 966 g/mol. The van der Waals surface area contributed by atoms with E-state index in [0.717, 1.165) is 6.92 Å². The molecule has 372 valence electrons. The van der Waals surface area contributed by atoms with E-state index in [4.69, 9.17) is 15.9 Å². The van der Waals surface area contributed by atoms with Crippen molar-refractivity contribution in [1.82, 2.24) is 37.2 Å². The van der Waals surface area contributed by atoms with Crippen LogP contribution >= 0.6 is 11.8 Å². The summed E-state index contributed by atoms with van der Waals surface area (Å²) in [6, 6.07) is -14.1. The predicted molar refractivity (Wildman–Crippen MR) is 224 cm³/mol. The van der Waals surface area contributed by atoms with Gasteiger partial charge in [0.1, 0.15) is 42.3 Å². The van der Waals surface area contributed by atoms with Crippen LogP contribution in [0.3, 0.4) is 0 Å². The molecule has 0 radical (unpaired) electrons. The number of carbonyl (C=O) groups excluding carboxylic acids is 7. The number of rotatable bonds is 33. The van der Waals surface area contributed by atoms with Gasteiger partial charge in [0.2, 0.25) is 41.4 Å². The second kappa shape index (κ2) is 29.8. The molecule has 66 heavy (non-hydrogen) atoms. The molecule has 0 spiro atoms. The summed E-state index contributed by atoms with van der Waals surface area (Å²) in [5.41, 5.74) is 5.53. The lowest BCUT2D eigenvalue weighted by Crippen LogP contribution is -2.61. The SMILES string of the molecule is CSCC[C@H](NC(=O)[C@H](CCC(=O)O)NC(=O)[C@@H](NC(=O)[C@@H](N)CC(=O)O)[C@@H](C)O)C(=O)N[C@@H](CCC(=O)O)C(=O)N[C@@H](CCC(=O)O)C(=O)N[C@H](C(=O)N[C@@H](CC(=O)O)C(=O)O)C(C)C. The standard InChI is InChI=1S/C37H58N8O20S/c1-15(2)28(35(62)43-22(37(64)65)14-27(55)56)44-34(61)20(7-10-25(51)52)40-31(58)18(5-8-23(47)48)39-33(60)21(11-12-66-4)41-32(59)19(6-9-24(49)50)42-36(63)29(16(3)46)45-30(57)17(38)13-26(53)54/h15-22,28-29,46H,5-14,38H2,1-4H3,(H,39,60)(H,40,58)(H,41,59)(H,42,63)(H,43,62)(H,44,61)(H,45,57)(H,47,48)(H,49,50)(H,51,52)(H,53,54)(H,55,56)(H,64,65)/t16-,17+,18+,19+,20+,21+,22+,28+,29+/m1/s1. The van der Waals surface area contributed by atoms with Crippen molar-refractivity contribution < 1.29 is 98.1 Å². The van der Waals surface area contributed by atoms with Crippen molar-refractivity contribution in [2.75, 3.05) is 12.0 Å². The molecule has 16 N–H and O–H groups in total. The Morgan fingerprint density at radius 1 is 0.439 bits per heavy atom. The molecule has 0 aromatic heterocycles. The van der Waals surface area contributed by atoms with Gasteiger partial charge in [0.15, 0.2) is 0 Å². The first-order valence-electron chi connectivity index (χ1n) is 20.0. The molecule has 0 fully saturated rings. The second-order valence-electron chi connectivity index (χ2n) is 15.0. The molecule has 29 heteroatoms. The zero-order chi connectivity index (χ0) is 51.0. The highest BCUT2D eigenvalue weighted by atomic mass is 32.2. The number of carboxylic acid groups (broad SMARTS) is 6. The molecule has 0 heterocycles. The van der Waals surface area contributed by atoms with Crippen molar-refractivity contribution in [3.63, 3.8) is 0 Å². The van der Waals surface area contributed by atoms with E-state index in [1.165, 1.54) is 25.6 Å². The summed E-state index contributed by atoms with van der Waals surface area (Å²) in [6.45, 7) is 3.86. The molecule has 9 atom stereocenters. The topological polar surface area (TPSA) is 474 Å². The smallest absolute Gasteiger partial charge is 0.326 e. The number of nitrogens with one attached hydrogen (secondary N) is 7. The van der Waals surface area contributed by atoms with Crippen molar-refractivity contribution in [3.05, 3.63) is 0 Å². The lowest BCUT2D eigenvalue weighted by Gasteiger charge is -2.28. The Bertz CT molecular complexity index is 1800. The number of amides is 7. The highest BCUT2D eigenvalue weighted by Crippen LogP contribution is 2.11. The summed E-state index contributed by atoms with van der Waals surface area (Å²) in [6.07, 6.45) is -6.44. The third kappa shape index (κ3) is 23.4. The Balaban J connectivity index is 6.66. The largest absolute Gasteiger partial charge is 0.481 e. The van der Waals surface area contributed by atoms with Crippen LogP contribution in [-0.4, -0.2) is 179 Å². The van der Waals surface area contributed by atoms with Crippen LogP contribution in [0.5, 0.6) is 0 Å². The van der Waals surface area contributed by atoms with E-state index >= 15 is 0 Å². The summed E-state index contributed by atoms with van der Waals surface area (Å²) in [5, 5.41) is 80.8. The van der Waals surface area contributed by atoms with Crippen LogP contribution in [0.2, 0.25) is 0 Å². The van der Waals surface area contributed by atoms with Crippen molar-refractivity contribution >= 4 is 88.9 Å². The van der Waals surface area contributed by atoms with Crippen LogP contribution in [0.25, 0.3) is 0 Å². The minimum absolute atomic E-state index is 0.134. The number of nitrogens with two attached hydrogens (primary N) is 1. The zero-order valence-electron chi connectivity index (χ0n) is 36.3. The summed E-state index contributed by atoms with van der Waals surface area (Å²) in [4.78, 5) is 162. The maximum atomic E-state index is 13.8. The minimum Gasteiger partial charge on any atom is -0.481 e. The Morgan fingerprint density at radius 3 is 1.11 bits per heavy atom. The molecule has 0 aromatic rings. The van der Waals surface area contributed by atoms with Gasteiger partial charge in [-0.3, -0.25) is 57.5 Å². The summed E-state index contributed by atoms with van der Waals surface area (Å²) in [5.74, 6) is -18.2. The van der Waals surface area contributed by atoms with Crippen LogP contribution in [0.4, 0.5) is 0 Å². The molecule has 28 nitrogen and oxygen atoms in total. The van der Waals surface area contributed by atoms with Gasteiger partial charge in [0.05, 0.1) is 25.0 Å². The van der Waals surface area contributed by atoms with Gasteiger partial charge in [-0.2, -0.15) is 11.8 Å². The molecular weight excluding hydrogens is 909 g/mol. The van der Waals surface area contributed by atoms with E-state index < -0.39 is 189 Å². The number of aliphatic carboxylic acids is 6. The van der Waals surface area contributed by atoms with Crippen LogP contribution < -0.4 is 43.0 Å². The Morgan fingerprint density at radius 2 is 0.773 bits per heavy atom. The number of aliphatic hydroxyl groups is 1. The van der Waals surface area contributed by atoms with Gasteiger partial charge in [0.25, 0.3) is 0 Å². The van der Waals surface area contributed by atoms with Crippen LogP contribution in [-0.2, 0) is 62.3 Å². The Hall–Kier alpha value is -6.62. The van der Waals surface area contributed by atoms with Gasteiger partial charge >= 0.3 is 35.8 Å². The fourth-order valence-electron chi connectivity index (χ4n) is 5.56. The highest BCUT2D eigenvalue weighted by molar-refractivity contribution is 7.98. The van der Waals surface area contributed by atoms with Gasteiger partial charge in [-0.1, -0.05) is 13.8 Å². The first kappa shape index (κ1) is 59.4. The van der Waals surface area contributed by atoms with Crippen LogP contribution in [0, 0.1) is 5.92 Å². The molecule has 0 aromatic carbocycles. The third-order valence-corrected chi connectivity index (χ3v) is 9.76. The minimum atomic E-state index is -1.92. The lowest BCUT2D eigenvalue weighted by atomic mass is 10.0. The molecule has 7 amide bonds. The van der Waals surface area contributed by atoms with Crippen LogP contribution in [0.15, 0.2) is 0 Å². The summed E-state index contributed by atoms with van der Waals surface area (Å²) in [7, 11) is 0. The molecule has 0 bridgehead atoms. The van der Waals surface area contributed by atoms with Crippen molar-refractivity contribution in [2.45, 2.75) is 133 Å². The van der Waals surface area contributed by atoms with E-state index in [-0.39, 0.29) is 12.2 Å². The van der Waals surface area contributed by atoms with E-state index in [1.54, 1.807) is 6.26 Å². The third-order valence-electron chi connectivity index (χ3n) is 9.12. The zero-order valence-corrected chi connectivity index (χ0v) is 37.1. The number of carbonyl (C=O) groups is 13. The quantitative estimate of drug-likeness (QED) is 0.0293. The molecule has 0 aliphatic rings. The van der Waals surface area contributed by atoms with E-state index in [1.807, 2.05) is 10.6 Å². The molecule has 0 rings (SSSR count). The fraction of sp³-hybridized carbons (Fsp3) is 0.649. The van der Waals surface area contributed by atoms with Crippen molar-refractivity contribution in [2.24, 2.45) is 11.7 Å². The van der Waals surface area contributed by atoms with Gasteiger partial charge in [-0.05, 0) is 50.5 Å². The Kier molecular flexibility index (Phi) is 26.8. The predicted octanol–water partition coefficient (Wildman–Crippen LogP) is -4.87. The highest BCUT2D eigenvalue weighted by Gasteiger charge is 2.36. The molecule has 0 saturated heterocycles. The van der Waals surface area contributed by atoms with E-state index in [0.29, 0.717) is 0 Å². The molecular formula is C37H58N8O20S. The van der Waals surface area contributed by atoms with Crippen LogP contribution in [0.1, 0.15) is 78.6 Å². The average Bonchev–Trinajstić information content (AvgIpc) is 3.20. The van der Waals surface area contributed by atoms with E-state index in [2.05, 4.69) is 26.6 Å². The molecule has 0 aliphatic heterocycles. The number of hydrogen-bond donors (Lipinski definition) is 15.